The van der Waals surface area contributed by atoms with Crippen LogP contribution in [0.1, 0.15) is 110 Å². The van der Waals surface area contributed by atoms with Crippen molar-refractivity contribution in [2.75, 3.05) is 19.7 Å². The van der Waals surface area contributed by atoms with Crippen molar-refractivity contribution in [3.05, 3.63) is 0 Å². The predicted molar refractivity (Wildman–Crippen MR) is 113 cm³/mol. The zero-order chi connectivity index (χ0) is 19.8. The molecule has 1 saturated heterocycles. The standard InChI is InChI=1S/C23H45NO3/c1-23(2,21-16-18-24-19-17-21)27-22(26)15-13-11-9-7-5-3-4-6-8-10-12-14-20-25/h21,24-25H,3-20H2,1-2H3. The van der Waals surface area contributed by atoms with Gasteiger partial charge in [-0.2, -0.15) is 0 Å². The van der Waals surface area contributed by atoms with Gasteiger partial charge in [0.2, 0.25) is 0 Å². The van der Waals surface area contributed by atoms with Gasteiger partial charge in [0.05, 0.1) is 0 Å². The van der Waals surface area contributed by atoms with Crippen LogP contribution in [0, 0.1) is 5.92 Å². The summed E-state index contributed by atoms with van der Waals surface area (Å²) in [6.45, 7) is 6.57. The van der Waals surface area contributed by atoms with Crippen molar-refractivity contribution >= 4 is 5.97 Å². The second kappa shape index (κ2) is 15.3. The Kier molecular flexibility index (Phi) is 13.9. The lowest BCUT2D eigenvalue weighted by Gasteiger charge is -2.36. The largest absolute Gasteiger partial charge is 0.459 e. The SMILES string of the molecule is CC(C)(OC(=O)CCCCCCCCCCCCCCO)C1CCNCC1. The number of nitrogens with one attached hydrogen (secondary N) is 1. The fourth-order valence-electron chi connectivity index (χ4n) is 4.09. The molecule has 2 N–H and O–H groups in total. The van der Waals surface area contributed by atoms with Crippen LogP contribution in [0.4, 0.5) is 0 Å². The molecule has 0 atom stereocenters. The Bertz CT molecular complexity index is 365. The Hall–Kier alpha value is -0.610. The molecule has 160 valence electrons. The summed E-state index contributed by atoms with van der Waals surface area (Å²) < 4.78 is 5.80. The van der Waals surface area contributed by atoms with E-state index in [-0.39, 0.29) is 11.6 Å². The average molecular weight is 384 g/mol. The number of esters is 1. The van der Waals surface area contributed by atoms with E-state index >= 15 is 0 Å². The van der Waals surface area contributed by atoms with E-state index in [4.69, 9.17) is 9.84 Å². The van der Waals surface area contributed by atoms with Crippen LogP contribution in [-0.2, 0) is 9.53 Å². The molecule has 0 aromatic heterocycles. The third-order valence-electron chi connectivity index (χ3n) is 5.99. The summed E-state index contributed by atoms with van der Waals surface area (Å²) in [5.74, 6) is 0.470. The van der Waals surface area contributed by atoms with Crippen molar-refractivity contribution in [1.82, 2.24) is 5.32 Å². The summed E-state index contributed by atoms with van der Waals surface area (Å²) in [7, 11) is 0. The van der Waals surface area contributed by atoms with Crippen molar-refractivity contribution in [3.63, 3.8) is 0 Å². The number of aliphatic hydroxyl groups excluding tert-OH is 1. The van der Waals surface area contributed by atoms with Gasteiger partial charge < -0.3 is 15.2 Å². The van der Waals surface area contributed by atoms with Crippen molar-refractivity contribution in [2.24, 2.45) is 5.92 Å². The van der Waals surface area contributed by atoms with Crippen LogP contribution in [0.3, 0.4) is 0 Å². The quantitative estimate of drug-likeness (QED) is 0.278. The second-order valence-corrected chi connectivity index (χ2v) is 8.82. The molecule has 1 rings (SSSR count). The molecule has 0 aliphatic carbocycles. The Morgan fingerprint density at radius 3 is 1.78 bits per heavy atom. The number of carbonyl (C=O) groups is 1. The smallest absolute Gasteiger partial charge is 0.306 e. The van der Waals surface area contributed by atoms with Gasteiger partial charge in [0, 0.05) is 18.9 Å². The lowest BCUT2D eigenvalue weighted by Crippen LogP contribution is -2.42. The molecule has 0 unspecified atom stereocenters. The molecule has 1 heterocycles. The van der Waals surface area contributed by atoms with E-state index in [0.717, 1.165) is 45.2 Å². The van der Waals surface area contributed by atoms with Crippen LogP contribution in [0.25, 0.3) is 0 Å². The predicted octanol–water partition coefficient (Wildman–Crippen LogP) is 5.37. The molecule has 0 radical (unpaired) electrons. The summed E-state index contributed by atoms with van der Waals surface area (Å²) >= 11 is 0. The number of rotatable bonds is 16. The first kappa shape index (κ1) is 24.4. The molecule has 1 aliphatic rings. The molecule has 0 spiro atoms. The number of unbranched alkanes of at least 4 members (excludes halogenated alkanes) is 11. The first-order chi connectivity index (χ1) is 13.1. The van der Waals surface area contributed by atoms with Crippen molar-refractivity contribution in [2.45, 2.75) is 116 Å². The maximum Gasteiger partial charge on any atom is 0.306 e. The van der Waals surface area contributed by atoms with E-state index < -0.39 is 0 Å². The number of aliphatic hydroxyl groups is 1. The molecule has 27 heavy (non-hydrogen) atoms. The number of hydrogen-bond acceptors (Lipinski definition) is 4. The molecule has 0 aromatic rings. The first-order valence-electron chi connectivity index (χ1n) is 11.6. The third kappa shape index (κ3) is 12.5. The van der Waals surface area contributed by atoms with E-state index in [1.165, 1.54) is 57.8 Å². The van der Waals surface area contributed by atoms with Crippen molar-refractivity contribution in [3.8, 4) is 0 Å². The molecule has 4 nitrogen and oxygen atoms in total. The van der Waals surface area contributed by atoms with E-state index in [0.29, 0.717) is 18.9 Å². The molecule has 0 bridgehead atoms. The number of ether oxygens (including phenoxy) is 1. The van der Waals surface area contributed by atoms with Crippen LogP contribution >= 0.6 is 0 Å². The highest BCUT2D eigenvalue weighted by atomic mass is 16.6. The van der Waals surface area contributed by atoms with E-state index in [1.54, 1.807) is 0 Å². The Balaban J connectivity index is 1.90. The maximum atomic E-state index is 12.2. The Morgan fingerprint density at radius 1 is 0.852 bits per heavy atom. The summed E-state index contributed by atoms with van der Waals surface area (Å²) in [4.78, 5) is 12.2. The average Bonchev–Trinajstić information content (AvgIpc) is 2.66. The number of hydrogen-bond donors (Lipinski definition) is 2. The summed E-state index contributed by atoms with van der Waals surface area (Å²) in [5, 5.41) is 12.1. The number of piperidine rings is 1. The van der Waals surface area contributed by atoms with Crippen molar-refractivity contribution in [1.29, 1.82) is 0 Å². The number of carbonyl (C=O) groups excluding carboxylic acids is 1. The second-order valence-electron chi connectivity index (χ2n) is 8.82. The Labute approximate surface area is 167 Å². The maximum absolute atomic E-state index is 12.2. The summed E-state index contributed by atoms with van der Waals surface area (Å²) in [5.41, 5.74) is -0.322. The Morgan fingerprint density at radius 2 is 1.30 bits per heavy atom. The third-order valence-corrected chi connectivity index (χ3v) is 5.99. The minimum atomic E-state index is -0.322. The highest BCUT2D eigenvalue weighted by Crippen LogP contribution is 2.29. The molecule has 1 fully saturated rings. The summed E-state index contributed by atoms with van der Waals surface area (Å²) in [6, 6.07) is 0. The van der Waals surface area contributed by atoms with E-state index in [2.05, 4.69) is 19.2 Å². The van der Waals surface area contributed by atoms with Gasteiger partial charge in [-0.1, -0.05) is 64.2 Å². The van der Waals surface area contributed by atoms with E-state index in [1.807, 2.05) is 0 Å². The highest BCUT2D eigenvalue weighted by Gasteiger charge is 2.33. The monoisotopic (exact) mass is 383 g/mol. The molecule has 0 amide bonds. The van der Waals surface area contributed by atoms with Gasteiger partial charge in [-0.3, -0.25) is 4.79 Å². The molecular weight excluding hydrogens is 338 g/mol. The fraction of sp³-hybridized carbons (Fsp3) is 0.957. The van der Waals surface area contributed by atoms with Crippen LogP contribution in [0.15, 0.2) is 0 Å². The first-order valence-corrected chi connectivity index (χ1v) is 11.6. The minimum Gasteiger partial charge on any atom is -0.459 e. The van der Waals surface area contributed by atoms with Crippen LogP contribution < -0.4 is 5.32 Å². The van der Waals surface area contributed by atoms with Gasteiger partial charge in [-0.05, 0) is 52.6 Å². The van der Waals surface area contributed by atoms with Crippen LogP contribution in [0.2, 0.25) is 0 Å². The molecule has 4 heteroatoms. The van der Waals surface area contributed by atoms with Gasteiger partial charge in [-0.15, -0.1) is 0 Å². The van der Waals surface area contributed by atoms with Gasteiger partial charge in [-0.25, -0.2) is 0 Å². The fourth-order valence-corrected chi connectivity index (χ4v) is 4.09. The lowest BCUT2D eigenvalue weighted by atomic mass is 9.83. The van der Waals surface area contributed by atoms with Crippen LogP contribution in [-0.4, -0.2) is 36.4 Å². The zero-order valence-electron chi connectivity index (χ0n) is 18.1. The molecule has 0 saturated carbocycles. The molecule has 1 aliphatic heterocycles. The topological polar surface area (TPSA) is 58.6 Å². The summed E-state index contributed by atoms with van der Waals surface area (Å²) in [6.07, 6.45) is 17.5. The molecule has 0 aromatic carbocycles. The zero-order valence-corrected chi connectivity index (χ0v) is 18.1. The van der Waals surface area contributed by atoms with Crippen molar-refractivity contribution < 1.29 is 14.6 Å². The molecular formula is C23H45NO3. The van der Waals surface area contributed by atoms with Crippen LogP contribution in [0.5, 0.6) is 0 Å². The normalized spacial score (nSPS) is 15.8. The van der Waals surface area contributed by atoms with Gasteiger partial charge >= 0.3 is 5.97 Å². The van der Waals surface area contributed by atoms with E-state index in [9.17, 15) is 4.79 Å². The highest BCUT2D eigenvalue weighted by molar-refractivity contribution is 5.69. The minimum absolute atomic E-state index is 0.0141. The van der Waals surface area contributed by atoms with Gasteiger partial charge in [0.15, 0.2) is 0 Å². The lowest BCUT2D eigenvalue weighted by molar-refractivity contribution is -0.162. The van der Waals surface area contributed by atoms with Gasteiger partial charge in [0.25, 0.3) is 0 Å². The van der Waals surface area contributed by atoms with Gasteiger partial charge in [0.1, 0.15) is 5.60 Å².